The molecule has 0 bridgehead atoms. The van der Waals surface area contributed by atoms with E-state index in [1.165, 1.54) is 13.2 Å². The fourth-order valence-electron chi connectivity index (χ4n) is 1.44. The van der Waals surface area contributed by atoms with E-state index >= 15 is 0 Å². The number of hydrogen-bond donors (Lipinski definition) is 3. The number of hydrogen-bond acceptors (Lipinski definition) is 6. The van der Waals surface area contributed by atoms with Crippen LogP contribution in [0.15, 0.2) is 24.3 Å². The molecule has 0 aliphatic rings. The predicted octanol–water partition coefficient (Wildman–Crippen LogP) is 1.34. The fraction of sp³-hybridized carbons (Fsp3) is 0.333. The maximum absolute atomic E-state index is 10.9. The molecule has 0 saturated heterocycles. The first-order chi connectivity index (χ1) is 10.0. The number of thiocarbonyl (C=S) groups is 1. The number of nitrogens with zero attached hydrogens (tertiary/aromatic N) is 1. The Morgan fingerprint density at radius 2 is 2.14 bits per heavy atom. The third kappa shape index (κ3) is 6.04. The van der Waals surface area contributed by atoms with Crippen LogP contribution in [-0.2, 0) is 9.53 Å². The van der Waals surface area contributed by atoms with Crippen LogP contribution < -0.4 is 16.2 Å². The zero-order valence-electron chi connectivity index (χ0n) is 11.4. The normalized spacial score (nSPS) is 9.57. The van der Waals surface area contributed by atoms with Crippen LogP contribution >= 0.6 is 12.2 Å². The summed E-state index contributed by atoms with van der Waals surface area (Å²) in [5.41, 5.74) is 5.56. The van der Waals surface area contributed by atoms with E-state index in [1.54, 1.807) is 18.2 Å². The lowest BCUT2D eigenvalue weighted by Crippen LogP contribution is -2.39. The maximum Gasteiger partial charge on any atom is 0.305 e. The van der Waals surface area contributed by atoms with Crippen LogP contribution in [0.2, 0.25) is 0 Å². The molecular formula is C12H16N4O4S. The summed E-state index contributed by atoms with van der Waals surface area (Å²) in [4.78, 5) is 21.2. The van der Waals surface area contributed by atoms with E-state index in [0.717, 1.165) is 0 Å². The smallest absolute Gasteiger partial charge is 0.305 e. The number of para-hydroxylation sites is 2. The lowest BCUT2D eigenvalue weighted by Gasteiger charge is -2.12. The zero-order chi connectivity index (χ0) is 15.7. The molecule has 0 amide bonds. The summed E-state index contributed by atoms with van der Waals surface area (Å²) >= 11 is 5.00. The molecule has 0 radical (unpaired) electrons. The minimum atomic E-state index is -0.489. The number of methoxy groups -OCH3 is 1. The third-order valence-electron chi connectivity index (χ3n) is 2.48. The van der Waals surface area contributed by atoms with Gasteiger partial charge in [0.2, 0.25) is 0 Å². The molecule has 0 aliphatic heterocycles. The first kappa shape index (κ1) is 16.6. The zero-order valence-corrected chi connectivity index (χ0v) is 12.2. The van der Waals surface area contributed by atoms with Gasteiger partial charge in [0, 0.05) is 19.0 Å². The number of carbonyl (C=O) groups is 1. The molecule has 1 aromatic rings. The van der Waals surface area contributed by atoms with Crippen LogP contribution in [0.1, 0.15) is 12.8 Å². The van der Waals surface area contributed by atoms with Gasteiger partial charge in [-0.15, -0.1) is 0 Å². The Kier molecular flexibility index (Phi) is 6.88. The van der Waals surface area contributed by atoms with Crippen LogP contribution in [0.25, 0.3) is 0 Å². The molecule has 21 heavy (non-hydrogen) atoms. The molecule has 0 aromatic heterocycles. The van der Waals surface area contributed by atoms with Gasteiger partial charge in [-0.2, -0.15) is 0 Å². The molecule has 9 heteroatoms. The number of carbonyl (C=O) groups excluding carboxylic acids is 1. The van der Waals surface area contributed by atoms with Crippen molar-refractivity contribution in [2.24, 2.45) is 0 Å². The van der Waals surface area contributed by atoms with Crippen LogP contribution in [0.5, 0.6) is 0 Å². The lowest BCUT2D eigenvalue weighted by molar-refractivity contribution is -0.384. The van der Waals surface area contributed by atoms with Gasteiger partial charge in [0.25, 0.3) is 5.69 Å². The van der Waals surface area contributed by atoms with E-state index < -0.39 is 4.92 Å². The number of anilines is 1. The molecule has 3 N–H and O–H groups in total. The SMILES string of the molecule is COC(=O)CCCNC(=S)NNc1ccccc1[N+](=O)[O-]. The molecule has 0 saturated carbocycles. The van der Waals surface area contributed by atoms with Gasteiger partial charge in [-0.3, -0.25) is 25.8 Å². The van der Waals surface area contributed by atoms with Crippen molar-refractivity contribution in [2.45, 2.75) is 12.8 Å². The molecule has 8 nitrogen and oxygen atoms in total. The van der Waals surface area contributed by atoms with E-state index in [2.05, 4.69) is 20.9 Å². The second kappa shape index (κ2) is 8.69. The van der Waals surface area contributed by atoms with E-state index in [-0.39, 0.29) is 16.8 Å². The van der Waals surface area contributed by atoms with Gasteiger partial charge in [0.05, 0.1) is 12.0 Å². The molecule has 1 rings (SSSR count). The van der Waals surface area contributed by atoms with Gasteiger partial charge in [-0.25, -0.2) is 0 Å². The van der Waals surface area contributed by atoms with Crippen molar-refractivity contribution in [1.82, 2.24) is 10.7 Å². The summed E-state index contributed by atoms with van der Waals surface area (Å²) in [6.45, 7) is 0.486. The second-order valence-corrected chi connectivity index (χ2v) is 4.37. The highest BCUT2D eigenvalue weighted by Gasteiger charge is 2.11. The molecule has 0 spiro atoms. The molecule has 0 aliphatic carbocycles. The second-order valence-electron chi connectivity index (χ2n) is 3.96. The number of ether oxygens (including phenoxy) is 1. The minimum absolute atomic E-state index is 0.0570. The molecule has 114 valence electrons. The van der Waals surface area contributed by atoms with Crippen LogP contribution in [0.4, 0.5) is 11.4 Å². The Bertz CT molecular complexity index is 524. The van der Waals surface area contributed by atoms with Crippen molar-refractivity contribution in [3.8, 4) is 0 Å². The standard InChI is InChI=1S/C12H16N4O4S/c1-20-11(17)7-4-8-13-12(21)15-14-9-5-2-3-6-10(9)16(18)19/h2-3,5-6,14H,4,7-8H2,1H3,(H2,13,15,21). The van der Waals surface area contributed by atoms with E-state index in [1.807, 2.05) is 0 Å². The first-order valence-corrected chi connectivity index (χ1v) is 6.55. The van der Waals surface area contributed by atoms with Gasteiger partial charge >= 0.3 is 5.97 Å². The highest BCUT2D eigenvalue weighted by atomic mass is 32.1. The van der Waals surface area contributed by atoms with E-state index in [9.17, 15) is 14.9 Å². The average Bonchev–Trinajstić information content (AvgIpc) is 2.49. The van der Waals surface area contributed by atoms with Gasteiger partial charge in [0.15, 0.2) is 5.11 Å². The maximum atomic E-state index is 10.9. The largest absolute Gasteiger partial charge is 0.469 e. The molecule has 0 unspecified atom stereocenters. The third-order valence-corrected chi connectivity index (χ3v) is 2.73. The van der Waals surface area contributed by atoms with Crippen molar-refractivity contribution in [3.63, 3.8) is 0 Å². The summed E-state index contributed by atoms with van der Waals surface area (Å²) in [6, 6.07) is 6.19. The van der Waals surface area contributed by atoms with Gasteiger partial charge < -0.3 is 10.1 Å². The number of esters is 1. The Morgan fingerprint density at radius 1 is 1.43 bits per heavy atom. The number of hydrazine groups is 1. The Hall–Kier alpha value is -2.42. The monoisotopic (exact) mass is 312 g/mol. The topological polar surface area (TPSA) is 106 Å². The summed E-state index contributed by atoms with van der Waals surface area (Å²) in [7, 11) is 1.33. The van der Waals surface area contributed by atoms with Crippen molar-refractivity contribution in [3.05, 3.63) is 34.4 Å². The number of nitro groups is 1. The number of benzene rings is 1. The van der Waals surface area contributed by atoms with Gasteiger partial charge in [-0.1, -0.05) is 12.1 Å². The van der Waals surface area contributed by atoms with E-state index in [4.69, 9.17) is 12.2 Å². The van der Waals surface area contributed by atoms with Crippen molar-refractivity contribution in [2.75, 3.05) is 19.1 Å². The molecule has 0 heterocycles. The number of nitrogens with one attached hydrogen (secondary N) is 3. The Labute approximate surface area is 127 Å². The van der Waals surface area contributed by atoms with Crippen LogP contribution in [0.3, 0.4) is 0 Å². The summed E-state index contributed by atoms with van der Waals surface area (Å²) < 4.78 is 4.51. The Morgan fingerprint density at radius 3 is 2.81 bits per heavy atom. The van der Waals surface area contributed by atoms with Crippen molar-refractivity contribution in [1.29, 1.82) is 0 Å². The number of rotatable bonds is 7. The molecule has 1 aromatic carbocycles. The fourth-order valence-corrected chi connectivity index (χ4v) is 1.60. The highest BCUT2D eigenvalue weighted by molar-refractivity contribution is 7.80. The lowest BCUT2D eigenvalue weighted by atomic mass is 10.3. The van der Waals surface area contributed by atoms with Gasteiger partial charge in [0.1, 0.15) is 5.69 Å². The van der Waals surface area contributed by atoms with E-state index in [0.29, 0.717) is 25.1 Å². The first-order valence-electron chi connectivity index (χ1n) is 6.14. The molecule has 0 atom stereocenters. The Balaban J connectivity index is 2.33. The van der Waals surface area contributed by atoms with Crippen molar-refractivity contribution >= 4 is 34.7 Å². The van der Waals surface area contributed by atoms with Gasteiger partial charge in [-0.05, 0) is 24.7 Å². The quantitative estimate of drug-likeness (QED) is 0.228. The molecule has 0 fully saturated rings. The number of nitro benzene ring substituents is 1. The predicted molar refractivity (Wildman–Crippen MR) is 81.7 cm³/mol. The summed E-state index contributed by atoms with van der Waals surface area (Å²) in [5.74, 6) is -0.284. The molecular weight excluding hydrogens is 296 g/mol. The van der Waals surface area contributed by atoms with Crippen LogP contribution in [-0.4, -0.2) is 29.7 Å². The summed E-state index contributed by atoms with van der Waals surface area (Å²) in [6.07, 6.45) is 0.865. The average molecular weight is 312 g/mol. The van der Waals surface area contributed by atoms with Crippen LogP contribution in [0, 0.1) is 10.1 Å². The van der Waals surface area contributed by atoms with Crippen molar-refractivity contribution < 1.29 is 14.5 Å². The highest BCUT2D eigenvalue weighted by Crippen LogP contribution is 2.21. The summed E-state index contributed by atoms with van der Waals surface area (Å²) in [5, 5.41) is 14.0. The minimum Gasteiger partial charge on any atom is -0.469 e.